The van der Waals surface area contributed by atoms with Crippen molar-refractivity contribution in [3.05, 3.63) is 39.9 Å². The van der Waals surface area contributed by atoms with Crippen molar-refractivity contribution in [1.29, 1.82) is 0 Å². The minimum atomic E-state index is -0.393. The molecule has 1 rings (SSSR count). The zero-order valence-electron chi connectivity index (χ0n) is 11.5. The van der Waals surface area contributed by atoms with E-state index in [1.807, 2.05) is 14.1 Å². The standard InChI is InChI=1S/C13H21N3O3/c1-15(2)8-10-19-9-7-14-11-12-3-5-13(6-4-12)16(17)18/h3-6,14H,7-11H2,1-2H3. The molecule has 0 unspecified atom stereocenters. The van der Waals surface area contributed by atoms with Crippen LogP contribution in [0.25, 0.3) is 0 Å². The van der Waals surface area contributed by atoms with Gasteiger partial charge in [-0.05, 0) is 19.7 Å². The number of nitro groups is 1. The lowest BCUT2D eigenvalue weighted by Crippen LogP contribution is -2.23. The maximum absolute atomic E-state index is 10.5. The molecule has 0 amide bonds. The fourth-order valence-electron chi connectivity index (χ4n) is 1.46. The lowest BCUT2D eigenvalue weighted by molar-refractivity contribution is -0.384. The van der Waals surface area contributed by atoms with Crippen molar-refractivity contribution in [3.63, 3.8) is 0 Å². The largest absolute Gasteiger partial charge is 0.379 e. The molecular weight excluding hydrogens is 246 g/mol. The molecule has 0 aliphatic carbocycles. The van der Waals surface area contributed by atoms with Gasteiger partial charge >= 0.3 is 0 Å². The van der Waals surface area contributed by atoms with Crippen LogP contribution in [0.15, 0.2) is 24.3 Å². The summed E-state index contributed by atoms with van der Waals surface area (Å²) in [5.41, 5.74) is 1.15. The van der Waals surface area contributed by atoms with Gasteiger partial charge in [0.25, 0.3) is 5.69 Å². The Morgan fingerprint density at radius 2 is 1.95 bits per heavy atom. The van der Waals surface area contributed by atoms with Crippen LogP contribution >= 0.6 is 0 Å². The first kappa shape index (κ1) is 15.6. The van der Waals surface area contributed by atoms with Crippen molar-refractivity contribution in [2.24, 2.45) is 0 Å². The van der Waals surface area contributed by atoms with E-state index >= 15 is 0 Å². The van der Waals surface area contributed by atoms with Crippen LogP contribution in [0.4, 0.5) is 5.69 Å². The highest BCUT2D eigenvalue weighted by Crippen LogP contribution is 2.11. The number of benzene rings is 1. The molecule has 6 heteroatoms. The quantitative estimate of drug-likeness (QED) is 0.414. The van der Waals surface area contributed by atoms with E-state index in [-0.39, 0.29) is 5.69 Å². The molecule has 0 heterocycles. The first-order valence-electron chi connectivity index (χ1n) is 6.26. The van der Waals surface area contributed by atoms with Gasteiger partial charge in [0.2, 0.25) is 0 Å². The predicted molar refractivity (Wildman–Crippen MR) is 74.2 cm³/mol. The minimum absolute atomic E-state index is 0.121. The van der Waals surface area contributed by atoms with Gasteiger partial charge in [-0.15, -0.1) is 0 Å². The van der Waals surface area contributed by atoms with Crippen molar-refractivity contribution < 1.29 is 9.66 Å². The molecule has 0 spiro atoms. The van der Waals surface area contributed by atoms with E-state index in [0.29, 0.717) is 13.2 Å². The number of nitrogens with one attached hydrogen (secondary N) is 1. The van der Waals surface area contributed by atoms with Crippen LogP contribution < -0.4 is 5.32 Å². The molecule has 0 aromatic heterocycles. The Morgan fingerprint density at radius 1 is 1.26 bits per heavy atom. The summed E-state index contributed by atoms with van der Waals surface area (Å²) in [5, 5.41) is 13.7. The van der Waals surface area contributed by atoms with Crippen molar-refractivity contribution in [2.75, 3.05) is 40.4 Å². The maximum Gasteiger partial charge on any atom is 0.269 e. The highest BCUT2D eigenvalue weighted by molar-refractivity contribution is 5.32. The molecule has 0 aliphatic heterocycles. The van der Waals surface area contributed by atoms with Gasteiger partial charge in [0, 0.05) is 31.8 Å². The molecule has 0 atom stereocenters. The number of non-ortho nitro benzene ring substituents is 1. The van der Waals surface area contributed by atoms with E-state index in [9.17, 15) is 10.1 Å². The first-order valence-corrected chi connectivity index (χ1v) is 6.26. The fraction of sp³-hybridized carbons (Fsp3) is 0.538. The third-order valence-corrected chi connectivity index (χ3v) is 2.58. The van der Waals surface area contributed by atoms with Gasteiger partial charge in [0.1, 0.15) is 0 Å². The van der Waals surface area contributed by atoms with Crippen molar-refractivity contribution >= 4 is 5.69 Å². The van der Waals surface area contributed by atoms with Gasteiger partial charge in [-0.25, -0.2) is 0 Å². The van der Waals surface area contributed by atoms with Crippen LogP contribution in [0.1, 0.15) is 5.56 Å². The van der Waals surface area contributed by atoms with E-state index in [4.69, 9.17) is 4.74 Å². The Hall–Kier alpha value is -1.50. The van der Waals surface area contributed by atoms with Gasteiger partial charge < -0.3 is 15.0 Å². The maximum atomic E-state index is 10.5. The third-order valence-electron chi connectivity index (χ3n) is 2.58. The van der Waals surface area contributed by atoms with Crippen molar-refractivity contribution in [3.8, 4) is 0 Å². The minimum Gasteiger partial charge on any atom is -0.379 e. The Labute approximate surface area is 113 Å². The van der Waals surface area contributed by atoms with Crippen LogP contribution in [-0.4, -0.2) is 50.2 Å². The highest BCUT2D eigenvalue weighted by Gasteiger charge is 2.03. The number of hydrogen-bond donors (Lipinski definition) is 1. The van der Waals surface area contributed by atoms with Crippen molar-refractivity contribution in [1.82, 2.24) is 10.2 Å². The number of nitro benzene ring substituents is 1. The lowest BCUT2D eigenvalue weighted by atomic mass is 10.2. The summed E-state index contributed by atoms with van der Waals surface area (Å²) in [6, 6.07) is 6.56. The summed E-state index contributed by atoms with van der Waals surface area (Å²) in [5.74, 6) is 0. The summed E-state index contributed by atoms with van der Waals surface area (Å²) in [6.45, 7) is 3.77. The summed E-state index contributed by atoms with van der Waals surface area (Å²) in [4.78, 5) is 12.2. The van der Waals surface area contributed by atoms with E-state index in [1.54, 1.807) is 12.1 Å². The monoisotopic (exact) mass is 267 g/mol. The Bertz CT molecular complexity index is 379. The summed E-state index contributed by atoms with van der Waals surface area (Å²) >= 11 is 0. The highest BCUT2D eigenvalue weighted by atomic mass is 16.6. The third kappa shape index (κ3) is 6.85. The molecule has 0 bridgehead atoms. The summed E-state index contributed by atoms with van der Waals surface area (Å²) in [7, 11) is 4.02. The second-order valence-corrected chi connectivity index (χ2v) is 4.52. The lowest BCUT2D eigenvalue weighted by Gasteiger charge is -2.10. The SMILES string of the molecule is CN(C)CCOCCNCc1ccc([N+](=O)[O-])cc1. The Kier molecular flexibility index (Phi) is 7.02. The van der Waals surface area contributed by atoms with Gasteiger partial charge in [-0.2, -0.15) is 0 Å². The Morgan fingerprint density at radius 3 is 2.53 bits per heavy atom. The molecule has 0 aliphatic rings. The van der Waals surface area contributed by atoms with Crippen LogP contribution in [0.2, 0.25) is 0 Å². The second-order valence-electron chi connectivity index (χ2n) is 4.52. The zero-order chi connectivity index (χ0) is 14.1. The van der Waals surface area contributed by atoms with E-state index in [1.165, 1.54) is 12.1 Å². The van der Waals surface area contributed by atoms with Gasteiger partial charge in [-0.1, -0.05) is 12.1 Å². The molecule has 0 radical (unpaired) electrons. The summed E-state index contributed by atoms with van der Waals surface area (Å²) < 4.78 is 5.44. The molecule has 1 aromatic carbocycles. The Balaban J connectivity index is 2.11. The van der Waals surface area contributed by atoms with Crippen molar-refractivity contribution in [2.45, 2.75) is 6.54 Å². The number of nitrogens with zero attached hydrogens (tertiary/aromatic N) is 2. The molecule has 1 aromatic rings. The van der Waals surface area contributed by atoms with Gasteiger partial charge in [0.05, 0.1) is 18.1 Å². The van der Waals surface area contributed by atoms with Crippen LogP contribution in [0.3, 0.4) is 0 Å². The number of rotatable bonds is 9. The van der Waals surface area contributed by atoms with Crippen LogP contribution in [-0.2, 0) is 11.3 Å². The number of likely N-dealkylation sites (N-methyl/N-ethyl adjacent to an activating group) is 1. The molecule has 0 saturated carbocycles. The van der Waals surface area contributed by atoms with Crippen LogP contribution in [0, 0.1) is 10.1 Å². The average molecular weight is 267 g/mol. The van der Waals surface area contributed by atoms with E-state index in [2.05, 4.69) is 10.2 Å². The number of ether oxygens (including phenoxy) is 1. The number of hydrogen-bond acceptors (Lipinski definition) is 5. The molecule has 106 valence electrons. The molecule has 0 saturated heterocycles. The normalized spacial score (nSPS) is 10.9. The van der Waals surface area contributed by atoms with E-state index in [0.717, 1.165) is 25.3 Å². The fourth-order valence-corrected chi connectivity index (χ4v) is 1.46. The molecular formula is C13H21N3O3. The summed E-state index contributed by atoms with van der Waals surface area (Å²) in [6.07, 6.45) is 0. The van der Waals surface area contributed by atoms with Gasteiger partial charge in [-0.3, -0.25) is 10.1 Å². The van der Waals surface area contributed by atoms with Gasteiger partial charge in [0.15, 0.2) is 0 Å². The first-order chi connectivity index (χ1) is 9.09. The molecule has 0 fully saturated rings. The topological polar surface area (TPSA) is 67.6 Å². The van der Waals surface area contributed by atoms with Crippen LogP contribution in [0.5, 0.6) is 0 Å². The van der Waals surface area contributed by atoms with E-state index < -0.39 is 4.92 Å². The molecule has 6 nitrogen and oxygen atoms in total. The molecule has 1 N–H and O–H groups in total. The zero-order valence-corrected chi connectivity index (χ0v) is 11.5. The predicted octanol–water partition coefficient (Wildman–Crippen LogP) is 1.26. The molecule has 19 heavy (non-hydrogen) atoms. The second kappa shape index (κ2) is 8.58. The average Bonchev–Trinajstić information content (AvgIpc) is 2.38. The smallest absolute Gasteiger partial charge is 0.269 e.